The van der Waals surface area contributed by atoms with E-state index in [2.05, 4.69) is 33.0 Å². The van der Waals surface area contributed by atoms with Crippen molar-refractivity contribution >= 4 is 5.91 Å². The largest absolute Gasteiger partial charge is 0.378 e. The molecule has 0 radical (unpaired) electrons. The van der Waals surface area contributed by atoms with Crippen LogP contribution in [0, 0.1) is 11.3 Å². The van der Waals surface area contributed by atoms with E-state index < -0.39 is 6.04 Å². The molecule has 106 valence electrons. The smallest absolute Gasteiger partial charge is 0.237 e. The van der Waals surface area contributed by atoms with Gasteiger partial charge in [-0.25, -0.2) is 0 Å². The van der Waals surface area contributed by atoms with Gasteiger partial charge in [-0.05, 0) is 25.7 Å². The number of hydrogen-bond donors (Lipinski definition) is 2. The van der Waals surface area contributed by atoms with E-state index in [1.165, 1.54) is 0 Å². The fourth-order valence-electron chi connectivity index (χ4n) is 2.51. The summed E-state index contributed by atoms with van der Waals surface area (Å²) in [5.74, 6) is 0.410. The van der Waals surface area contributed by atoms with Crippen molar-refractivity contribution in [3.8, 4) is 0 Å². The summed E-state index contributed by atoms with van der Waals surface area (Å²) < 4.78 is 5.65. The predicted octanol–water partition coefficient (Wildman–Crippen LogP) is 1.68. The molecule has 0 bridgehead atoms. The van der Waals surface area contributed by atoms with Crippen molar-refractivity contribution in [2.75, 3.05) is 6.61 Å². The number of hydrogen-bond acceptors (Lipinski definition) is 3. The normalized spacial score (nSPS) is 27.7. The first-order chi connectivity index (χ1) is 8.28. The van der Waals surface area contributed by atoms with Crippen LogP contribution in [0.5, 0.6) is 0 Å². The third-order valence-corrected chi connectivity index (χ3v) is 3.92. The monoisotopic (exact) mass is 256 g/mol. The molecule has 0 aliphatic heterocycles. The molecule has 1 fully saturated rings. The van der Waals surface area contributed by atoms with Gasteiger partial charge in [-0.3, -0.25) is 4.79 Å². The van der Waals surface area contributed by atoms with Crippen LogP contribution in [0.3, 0.4) is 0 Å². The van der Waals surface area contributed by atoms with Crippen molar-refractivity contribution < 1.29 is 9.53 Å². The summed E-state index contributed by atoms with van der Waals surface area (Å²) >= 11 is 0. The van der Waals surface area contributed by atoms with E-state index in [0.717, 1.165) is 19.4 Å². The summed E-state index contributed by atoms with van der Waals surface area (Å²) in [6, 6.07) is -0.216. The van der Waals surface area contributed by atoms with Gasteiger partial charge in [0.05, 0.1) is 12.1 Å². The van der Waals surface area contributed by atoms with Gasteiger partial charge >= 0.3 is 0 Å². The Balaban J connectivity index is 2.43. The quantitative estimate of drug-likeness (QED) is 0.760. The SMILES string of the molecule is CCOC1CC(NC(=O)C(N)CC(C)C)C1(C)C. The van der Waals surface area contributed by atoms with Crippen LogP contribution in [0.1, 0.15) is 47.5 Å². The zero-order valence-corrected chi connectivity index (χ0v) is 12.3. The van der Waals surface area contributed by atoms with Gasteiger partial charge < -0.3 is 15.8 Å². The molecule has 1 saturated carbocycles. The molecule has 4 heteroatoms. The Labute approximate surface area is 111 Å². The Morgan fingerprint density at radius 3 is 2.56 bits per heavy atom. The Morgan fingerprint density at radius 1 is 1.50 bits per heavy atom. The molecule has 3 atom stereocenters. The minimum atomic E-state index is -0.396. The summed E-state index contributed by atoms with van der Waals surface area (Å²) in [6.07, 6.45) is 1.86. The van der Waals surface area contributed by atoms with Crippen LogP contribution < -0.4 is 11.1 Å². The average Bonchev–Trinajstić information content (AvgIpc) is 2.26. The van der Waals surface area contributed by atoms with Crippen molar-refractivity contribution in [3.63, 3.8) is 0 Å². The second kappa shape index (κ2) is 6.02. The molecule has 1 aliphatic rings. The summed E-state index contributed by atoms with van der Waals surface area (Å²) in [5, 5.41) is 3.06. The number of carbonyl (C=O) groups excluding carboxylic acids is 1. The second-order valence-electron chi connectivity index (χ2n) is 6.30. The molecule has 4 nitrogen and oxygen atoms in total. The third kappa shape index (κ3) is 3.45. The van der Waals surface area contributed by atoms with Gasteiger partial charge in [-0.1, -0.05) is 27.7 Å². The molecule has 0 aromatic heterocycles. The molecule has 0 aromatic carbocycles. The second-order valence-corrected chi connectivity index (χ2v) is 6.30. The van der Waals surface area contributed by atoms with E-state index in [4.69, 9.17) is 10.5 Å². The highest BCUT2D eigenvalue weighted by Crippen LogP contribution is 2.42. The summed E-state index contributed by atoms with van der Waals surface area (Å²) in [5.41, 5.74) is 5.89. The number of carbonyl (C=O) groups is 1. The maximum absolute atomic E-state index is 12.0. The number of amides is 1. The lowest BCUT2D eigenvalue weighted by Crippen LogP contribution is -2.63. The van der Waals surface area contributed by atoms with E-state index in [9.17, 15) is 4.79 Å². The van der Waals surface area contributed by atoms with Crippen molar-refractivity contribution in [1.82, 2.24) is 5.32 Å². The van der Waals surface area contributed by atoms with Crippen LogP contribution >= 0.6 is 0 Å². The number of rotatable bonds is 6. The highest BCUT2D eigenvalue weighted by atomic mass is 16.5. The molecule has 0 saturated heterocycles. The molecular weight excluding hydrogens is 228 g/mol. The summed E-state index contributed by atoms with van der Waals surface area (Å²) in [7, 11) is 0. The fraction of sp³-hybridized carbons (Fsp3) is 0.929. The first-order valence-electron chi connectivity index (χ1n) is 6.96. The zero-order chi connectivity index (χ0) is 13.9. The lowest BCUT2D eigenvalue weighted by atomic mass is 9.64. The molecular formula is C14H28N2O2. The molecule has 3 N–H and O–H groups in total. The highest BCUT2D eigenvalue weighted by Gasteiger charge is 2.49. The van der Waals surface area contributed by atoms with Gasteiger partial charge in [-0.2, -0.15) is 0 Å². The Kier molecular flexibility index (Phi) is 5.17. The zero-order valence-electron chi connectivity index (χ0n) is 12.3. The minimum absolute atomic E-state index is 0.00320. The van der Waals surface area contributed by atoms with E-state index in [-0.39, 0.29) is 23.5 Å². The van der Waals surface area contributed by atoms with Gasteiger partial charge in [0.1, 0.15) is 0 Å². The minimum Gasteiger partial charge on any atom is -0.378 e. The molecule has 1 rings (SSSR count). The maximum Gasteiger partial charge on any atom is 0.237 e. The lowest BCUT2D eigenvalue weighted by Gasteiger charge is -2.51. The van der Waals surface area contributed by atoms with Crippen LogP contribution in [0.4, 0.5) is 0 Å². The van der Waals surface area contributed by atoms with Gasteiger partial charge in [0.2, 0.25) is 5.91 Å². The van der Waals surface area contributed by atoms with Gasteiger partial charge in [0.15, 0.2) is 0 Å². The predicted molar refractivity (Wildman–Crippen MR) is 73.2 cm³/mol. The first-order valence-corrected chi connectivity index (χ1v) is 6.96. The van der Waals surface area contributed by atoms with Gasteiger partial charge in [0, 0.05) is 18.1 Å². The Bertz CT molecular complexity index is 290. The molecule has 1 amide bonds. The van der Waals surface area contributed by atoms with Crippen LogP contribution in [0.15, 0.2) is 0 Å². The summed E-state index contributed by atoms with van der Waals surface area (Å²) in [4.78, 5) is 12.0. The molecule has 18 heavy (non-hydrogen) atoms. The van der Waals surface area contributed by atoms with E-state index in [1.54, 1.807) is 0 Å². The van der Waals surface area contributed by atoms with E-state index in [0.29, 0.717) is 5.92 Å². The third-order valence-electron chi connectivity index (χ3n) is 3.92. The van der Waals surface area contributed by atoms with E-state index >= 15 is 0 Å². The molecule has 0 spiro atoms. The first kappa shape index (κ1) is 15.4. The van der Waals surface area contributed by atoms with Crippen LogP contribution in [0.2, 0.25) is 0 Å². The molecule has 0 heterocycles. The topological polar surface area (TPSA) is 64.3 Å². The van der Waals surface area contributed by atoms with Gasteiger partial charge in [-0.15, -0.1) is 0 Å². The highest BCUT2D eigenvalue weighted by molar-refractivity contribution is 5.82. The van der Waals surface area contributed by atoms with Crippen molar-refractivity contribution in [1.29, 1.82) is 0 Å². The van der Waals surface area contributed by atoms with Crippen LogP contribution in [-0.4, -0.2) is 30.7 Å². The van der Waals surface area contributed by atoms with Crippen molar-refractivity contribution in [2.45, 2.75) is 65.6 Å². The number of nitrogens with one attached hydrogen (secondary N) is 1. The number of nitrogens with two attached hydrogens (primary N) is 1. The maximum atomic E-state index is 12.0. The lowest BCUT2D eigenvalue weighted by molar-refractivity contribution is -0.137. The summed E-state index contributed by atoms with van der Waals surface area (Å²) in [6.45, 7) is 11.1. The van der Waals surface area contributed by atoms with Crippen molar-refractivity contribution in [3.05, 3.63) is 0 Å². The molecule has 0 aromatic rings. The molecule has 3 unspecified atom stereocenters. The molecule has 1 aliphatic carbocycles. The van der Waals surface area contributed by atoms with Crippen LogP contribution in [0.25, 0.3) is 0 Å². The van der Waals surface area contributed by atoms with Crippen molar-refractivity contribution in [2.24, 2.45) is 17.1 Å². The van der Waals surface area contributed by atoms with Crippen LogP contribution in [-0.2, 0) is 9.53 Å². The van der Waals surface area contributed by atoms with E-state index in [1.807, 2.05) is 6.92 Å². The Morgan fingerprint density at radius 2 is 2.11 bits per heavy atom. The number of ether oxygens (including phenoxy) is 1. The standard InChI is InChI=1S/C14H28N2O2/c1-6-18-12-8-11(14(12,4)5)16-13(17)10(15)7-9(2)3/h9-12H,6-8,15H2,1-5H3,(H,16,17). The average molecular weight is 256 g/mol. The Hall–Kier alpha value is -0.610. The van der Waals surface area contributed by atoms with Gasteiger partial charge in [0.25, 0.3) is 0 Å². The fourth-order valence-corrected chi connectivity index (χ4v) is 2.51.